The highest BCUT2D eigenvalue weighted by molar-refractivity contribution is 7.89. The van der Waals surface area contributed by atoms with Crippen LogP contribution in [0.2, 0.25) is 0 Å². The van der Waals surface area contributed by atoms with Crippen molar-refractivity contribution in [2.45, 2.75) is 30.6 Å². The van der Waals surface area contributed by atoms with E-state index in [1.165, 1.54) is 20.2 Å². The summed E-state index contributed by atoms with van der Waals surface area (Å²) in [6.07, 6.45) is 3.80. The number of nitrogens with zero attached hydrogens (tertiary/aromatic N) is 2. The SMILES string of the molecule is CN(C)S(=O)(=O)c1ccc(N2CCCC2)c(C(=O)NCCCCN)c1. The Bertz CT molecular complexity index is 698. The molecule has 1 aliphatic rings. The Morgan fingerprint density at radius 3 is 2.52 bits per heavy atom. The third-order valence-electron chi connectivity index (χ3n) is 4.35. The maximum Gasteiger partial charge on any atom is 0.253 e. The van der Waals surface area contributed by atoms with Crippen LogP contribution >= 0.6 is 0 Å². The summed E-state index contributed by atoms with van der Waals surface area (Å²) >= 11 is 0. The van der Waals surface area contributed by atoms with E-state index in [1.54, 1.807) is 12.1 Å². The van der Waals surface area contributed by atoms with Gasteiger partial charge in [0.15, 0.2) is 0 Å². The highest BCUT2D eigenvalue weighted by atomic mass is 32.2. The first-order valence-corrected chi connectivity index (χ1v) is 10.1. The number of hydrogen-bond acceptors (Lipinski definition) is 5. The van der Waals surface area contributed by atoms with Crippen LogP contribution < -0.4 is 16.0 Å². The molecule has 1 aromatic carbocycles. The summed E-state index contributed by atoms with van der Waals surface area (Å²) in [7, 11) is -0.619. The predicted octanol–water partition coefficient (Wildman–Crippen LogP) is 1.01. The van der Waals surface area contributed by atoms with Gasteiger partial charge in [-0.2, -0.15) is 0 Å². The second-order valence-electron chi connectivity index (χ2n) is 6.41. The average molecular weight is 369 g/mol. The van der Waals surface area contributed by atoms with Gasteiger partial charge in [-0.3, -0.25) is 4.79 Å². The maximum atomic E-state index is 12.7. The first-order valence-electron chi connectivity index (χ1n) is 8.67. The molecule has 1 saturated heterocycles. The van der Waals surface area contributed by atoms with Gasteiger partial charge in [0.1, 0.15) is 0 Å². The fourth-order valence-electron chi connectivity index (χ4n) is 2.87. The summed E-state index contributed by atoms with van der Waals surface area (Å²) < 4.78 is 26.0. The van der Waals surface area contributed by atoms with E-state index in [-0.39, 0.29) is 10.8 Å². The number of nitrogens with one attached hydrogen (secondary N) is 1. The predicted molar refractivity (Wildman–Crippen MR) is 99.4 cm³/mol. The number of rotatable bonds is 8. The first-order chi connectivity index (χ1) is 11.9. The zero-order chi connectivity index (χ0) is 18.4. The maximum absolute atomic E-state index is 12.7. The molecule has 0 saturated carbocycles. The lowest BCUT2D eigenvalue weighted by molar-refractivity contribution is 0.0953. The Hall–Kier alpha value is -1.64. The van der Waals surface area contributed by atoms with E-state index in [4.69, 9.17) is 5.73 Å². The Labute approximate surface area is 150 Å². The van der Waals surface area contributed by atoms with Crippen molar-refractivity contribution < 1.29 is 13.2 Å². The molecule has 1 heterocycles. The number of anilines is 1. The molecule has 2 rings (SSSR count). The number of amides is 1. The summed E-state index contributed by atoms with van der Waals surface area (Å²) in [6.45, 7) is 2.88. The molecule has 0 radical (unpaired) electrons. The Morgan fingerprint density at radius 1 is 1.24 bits per heavy atom. The largest absolute Gasteiger partial charge is 0.371 e. The molecule has 1 aromatic rings. The molecule has 0 aromatic heterocycles. The lowest BCUT2D eigenvalue weighted by Gasteiger charge is -2.22. The van der Waals surface area contributed by atoms with Crippen molar-refractivity contribution in [3.05, 3.63) is 23.8 Å². The van der Waals surface area contributed by atoms with Crippen molar-refractivity contribution in [2.24, 2.45) is 5.73 Å². The zero-order valence-corrected chi connectivity index (χ0v) is 15.8. The Balaban J connectivity index is 2.32. The van der Waals surface area contributed by atoms with Gasteiger partial charge in [-0.25, -0.2) is 12.7 Å². The molecule has 0 aliphatic carbocycles. The highest BCUT2D eigenvalue weighted by Gasteiger charge is 2.24. The number of hydrogen-bond donors (Lipinski definition) is 2. The van der Waals surface area contributed by atoms with Crippen molar-refractivity contribution in [3.8, 4) is 0 Å². The van der Waals surface area contributed by atoms with E-state index in [1.807, 2.05) is 0 Å². The van der Waals surface area contributed by atoms with E-state index in [0.29, 0.717) is 18.7 Å². The molecule has 140 valence electrons. The molecule has 0 spiro atoms. The molecule has 0 unspecified atom stereocenters. The summed E-state index contributed by atoms with van der Waals surface area (Å²) in [6, 6.07) is 4.81. The summed E-state index contributed by atoms with van der Waals surface area (Å²) in [5.41, 5.74) is 6.68. The van der Waals surface area contributed by atoms with Crippen LogP contribution in [0, 0.1) is 0 Å². The highest BCUT2D eigenvalue weighted by Crippen LogP contribution is 2.28. The lowest BCUT2D eigenvalue weighted by Crippen LogP contribution is -2.29. The van der Waals surface area contributed by atoms with E-state index < -0.39 is 10.0 Å². The quantitative estimate of drug-likeness (QED) is 0.668. The van der Waals surface area contributed by atoms with Gasteiger partial charge in [0.2, 0.25) is 10.0 Å². The zero-order valence-electron chi connectivity index (χ0n) is 15.0. The van der Waals surface area contributed by atoms with Gasteiger partial charge in [0, 0.05) is 39.4 Å². The minimum atomic E-state index is -3.58. The molecule has 1 fully saturated rings. The number of carbonyl (C=O) groups excluding carboxylic acids is 1. The summed E-state index contributed by atoms with van der Waals surface area (Å²) in [5.74, 6) is -0.241. The van der Waals surface area contributed by atoms with Gasteiger partial charge in [0.05, 0.1) is 10.5 Å². The van der Waals surface area contributed by atoms with Crippen LogP contribution in [0.1, 0.15) is 36.0 Å². The topological polar surface area (TPSA) is 95.7 Å². The van der Waals surface area contributed by atoms with Crippen molar-refractivity contribution >= 4 is 21.6 Å². The minimum absolute atomic E-state index is 0.132. The third-order valence-corrected chi connectivity index (χ3v) is 6.17. The smallest absolute Gasteiger partial charge is 0.253 e. The number of sulfonamides is 1. The number of unbranched alkanes of at least 4 members (excludes halogenated alkanes) is 1. The molecule has 7 nitrogen and oxygen atoms in total. The van der Waals surface area contributed by atoms with Crippen LogP contribution in [0.25, 0.3) is 0 Å². The Kier molecular flexibility index (Phi) is 6.80. The monoisotopic (exact) mass is 368 g/mol. The van der Waals surface area contributed by atoms with Crippen LogP contribution in [0.4, 0.5) is 5.69 Å². The van der Waals surface area contributed by atoms with Gasteiger partial charge in [-0.05, 0) is 50.4 Å². The van der Waals surface area contributed by atoms with Crippen molar-refractivity contribution in [1.82, 2.24) is 9.62 Å². The molecular formula is C17H28N4O3S. The molecule has 25 heavy (non-hydrogen) atoms. The second-order valence-corrected chi connectivity index (χ2v) is 8.56. The number of nitrogens with two attached hydrogens (primary N) is 1. The van der Waals surface area contributed by atoms with Crippen LogP contribution in [-0.2, 0) is 10.0 Å². The molecule has 1 amide bonds. The second kappa shape index (κ2) is 8.64. The summed E-state index contributed by atoms with van der Waals surface area (Å²) in [4.78, 5) is 14.9. The fraction of sp³-hybridized carbons (Fsp3) is 0.588. The van der Waals surface area contributed by atoms with Crippen molar-refractivity contribution in [3.63, 3.8) is 0 Å². The molecular weight excluding hydrogens is 340 g/mol. The molecule has 0 atom stereocenters. The van der Waals surface area contributed by atoms with Crippen molar-refractivity contribution in [2.75, 3.05) is 45.2 Å². The van der Waals surface area contributed by atoms with Gasteiger partial charge in [-0.1, -0.05) is 0 Å². The van der Waals surface area contributed by atoms with Gasteiger partial charge >= 0.3 is 0 Å². The van der Waals surface area contributed by atoms with Gasteiger partial charge < -0.3 is 16.0 Å². The van der Waals surface area contributed by atoms with E-state index in [2.05, 4.69) is 10.2 Å². The average Bonchev–Trinajstić information content (AvgIpc) is 3.12. The lowest BCUT2D eigenvalue weighted by atomic mass is 10.1. The normalized spacial score (nSPS) is 15.0. The van der Waals surface area contributed by atoms with Crippen LogP contribution in [0.3, 0.4) is 0 Å². The molecule has 0 bridgehead atoms. The number of benzene rings is 1. The van der Waals surface area contributed by atoms with Crippen LogP contribution in [-0.4, -0.2) is 58.9 Å². The molecule has 3 N–H and O–H groups in total. The van der Waals surface area contributed by atoms with E-state index in [0.717, 1.165) is 48.8 Å². The molecule has 8 heteroatoms. The number of carbonyl (C=O) groups is 1. The third kappa shape index (κ3) is 4.71. The van der Waals surface area contributed by atoms with E-state index >= 15 is 0 Å². The summed E-state index contributed by atoms with van der Waals surface area (Å²) in [5, 5.41) is 2.88. The minimum Gasteiger partial charge on any atom is -0.371 e. The van der Waals surface area contributed by atoms with Gasteiger partial charge in [-0.15, -0.1) is 0 Å². The Morgan fingerprint density at radius 2 is 1.92 bits per heavy atom. The van der Waals surface area contributed by atoms with Crippen molar-refractivity contribution in [1.29, 1.82) is 0 Å². The van der Waals surface area contributed by atoms with E-state index in [9.17, 15) is 13.2 Å². The van der Waals surface area contributed by atoms with Crippen LogP contribution in [0.15, 0.2) is 23.1 Å². The standard InChI is InChI=1S/C17H28N4O3S/c1-20(2)25(23,24)14-7-8-16(21-11-5-6-12-21)15(13-14)17(22)19-10-4-3-9-18/h7-8,13H,3-6,9-12,18H2,1-2H3,(H,19,22). The first kappa shape index (κ1) is 19.7. The van der Waals surface area contributed by atoms with Crippen LogP contribution in [0.5, 0.6) is 0 Å². The molecule has 1 aliphatic heterocycles. The fourth-order valence-corrected chi connectivity index (χ4v) is 3.80. The van der Waals surface area contributed by atoms with Gasteiger partial charge in [0.25, 0.3) is 5.91 Å².